The maximum absolute atomic E-state index is 12.7. The lowest BCUT2D eigenvalue weighted by Crippen LogP contribution is -2.47. The van der Waals surface area contributed by atoms with Gasteiger partial charge in [0.1, 0.15) is 6.10 Å². The molecule has 2 atom stereocenters. The van der Waals surface area contributed by atoms with Crippen LogP contribution in [0.3, 0.4) is 0 Å². The van der Waals surface area contributed by atoms with Crippen molar-refractivity contribution in [2.24, 2.45) is 14.1 Å². The first-order valence-corrected chi connectivity index (χ1v) is 11.7. The SMILES string of the molecule is Cn1c(=O)c2c(ncn2CCN2C3CCC2CC(OC(=O)/C=C/c2ccccc2)C3)n(C)c1=O. The molecule has 0 amide bonds. The third-order valence-corrected chi connectivity index (χ3v) is 7.15. The Morgan fingerprint density at radius 2 is 1.76 bits per heavy atom. The number of rotatable bonds is 6. The van der Waals surface area contributed by atoms with Gasteiger partial charge in [-0.2, -0.15) is 0 Å². The fourth-order valence-corrected chi connectivity index (χ4v) is 5.41. The van der Waals surface area contributed by atoms with Crippen LogP contribution in [0.4, 0.5) is 0 Å². The number of piperidine rings is 1. The number of carbonyl (C=O) groups excluding carboxylic acids is 1. The maximum Gasteiger partial charge on any atom is 0.332 e. The fourth-order valence-electron chi connectivity index (χ4n) is 5.41. The number of nitrogens with zero attached hydrogens (tertiary/aromatic N) is 5. The first-order valence-electron chi connectivity index (χ1n) is 11.7. The van der Waals surface area contributed by atoms with Crippen molar-refractivity contribution in [1.29, 1.82) is 0 Å². The van der Waals surface area contributed by atoms with Crippen LogP contribution in [0, 0.1) is 0 Å². The molecule has 2 aliphatic heterocycles. The van der Waals surface area contributed by atoms with Crippen LogP contribution < -0.4 is 11.2 Å². The zero-order valence-electron chi connectivity index (χ0n) is 19.5. The predicted octanol–water partition coefficient (Wildman–Crippen LogP) is 1.69. The second-order valence-electron chi connectivity index (χ2n) is 9.21. The van der Waals surface area contributed by atoms with Crippen LogP contribution in [-0.2, 0) is 30.2 Å². The molecule has 2 bridgehead atoms. The minimum atomic E-state index is -0.379. The molecule has 1 aromatic carbocycles. The van der Waals surface area contributed by atoms with Gasteiger partial charge in [-0.05, 0) is 24.5 Å². The average Bonchev–Trinajstić information content (AvgIpc) is 3.37. The fraction of sp³-hybridized carbons (Fsp3) is 0.440. The largest absolute Gasteiger partial charge is 0.459 e. The molecule has 178 valence electrons. The van der Waals surface area contributed by atoms with E-state index in [4.69, 9.17) is 4.74 Å². The van der Waals surface area contributed by atoms with Crippen LogP contribution in [0.15, 0.2) is 52.3 Å². The molecule has 0 N–H and O–H groups in total. The molecular formula is C25H29N5O4. The molecule has 4 heterocycles. The lowest BCUT2D eigenvalue weighted by Gasteiger charge is -2.38. The van der Waals surface area contributed by atoms with Crippen molar-refractivity contribution in [2.75, 3.05) is 6.54 Å². The first-order chi connectivity index (χ1) is 16.4. The van der Waals surface area contributed by atoms with Gasteiger partial charge in [-0.1, -0.05) is 30.3 Å². The number of aromatic nitrogens is 4. The minimum Gasteiger partial charge on any atom is -0.459 e. The smallest absolute Gasteiger partial charge is 0.332 e. The molecule has 0 spiro atoms. The normalized spacial score (nSPS) is 22.6. The monoisotopic (exact) mass is 463 g/mol. The van der Waals surface area contributed by atoms with Gasteiger partial charge < -0.3 is 9.30 Å². The van der Waals surface area contributed by atoms with E-state index in [1.807, 2.05) is 34.9 Å². The van der Waals surface area contributed by atoms with Crippen LogP contribution in [0.2, 0.25) is 0 Å². The van der Waals surface area contributed by atoms with Crippen molar-refractivity contribution in [3.05, 3.63) is 69.1 Å². The van der Waals surface area contributed by atoms with E-state index in [1.54, 1.807) is 19.5 Å². The van der Waals surface area contributed by atoms with Crippen molar-refractivity contribution < 1.29 is 9.53 Å². The van der Waals surface area contributed by atoms with E-state index in [1.165, 1.54) is 17.7 Å². The molecule has 34 heavy (non-hydrogen) atoms. The lowest BCUT2D eigenvalue weighted by molar-refractivity contribution is -0.146. The summed E-state index contributed by atoms with van der Waals surface area (Å²) in [6.07, 6.45) is 8.66. The van der Waals surface area contributed by atoms with E-state index in [2.05, 4.69) is 9.88 Å². The lowest BCUT2D eigenvalue weighted by atomic mass is 9.99. The van der Waals surface area contributed by atoms with Gasteiger partial charge in [0.05, 0.1) is 6.33 Å². The zero-order chi connectivity index (χ0) is 23.8. The summed E-state index contributed by atoms with van der Waals surface area (Å²) in [5.74, 6) is -0.298. The highest BCUT2D eigenvalue weighted by Gasteiger charge is 2.41. The Balaban J connectivity index is 1.22. The van der Waals surface area contributed by atoms with E-state index < -0.39 is 0 Å². The quantitative estimate of drug-likeness (QED) is 0.408. The van der Waals surface area contributed by atoms with Gasteiger partial charge in [0, 0.05) is 58.2 Å². The summed E-state index contributed by atoms with van der Waals surface area (Å²) in [5.41, 5.74) is 1.12. The number of hydrogen-bond donors (Lipinski definition) is 0. The number of fused-ring (bicyclic) bond motifs is 3. The van der Waals surface area contributed by atoms with Crippen molar-refractivity contribution in [3.63, 3.8) is 0 Å². The highest BCUT2D eigenvalue weighted by atomic mass is 16.5. The molecule has 0 aliphatic carbocycles. The summed E-state index contributed by atoms with van der Waals surface area (Å²) in [6.45, 7) is 1.39. The van der Waals surface area contributed by atoms with E-state index in [-0.39, 0.29) is 23.3 Å². The summed E-state index contributed by atoms with van der Waals surface area (Å²) in [4.78, 5) is 44.0. The van der Waals surface area contributed by atoms with Gasteiger partial charge >= 0.3 is 11.7 Å². The van der Waals surface area contributed by atoms with Crippen molar-refractivity contribution in [3.8, 4) is 0 Å². The molecule has 0 radical (unpaired) electrons. The number of ether oxygens (including phenoxy) is 1. The van der Waals surface area contributed by atoms with E-state index in [0.717, 1.165) is 42.4 Å². The van der Waals surface area contributed by atoms with Gasteiger partial charge in [0.15, 0.2) is 11.2 Å². The summed E-state index contributed by atoms with van der Waals surface area (Å²) in [7, 11) is 3.12. The molecular weight excluding hydrogens is 434 g/mol. The van der Waals surface area contributed by atoms with Crippen LogP contribution in [-0.4, -0.2) is 54.3 Å². The summed E-state index contributed by atoms with van der Waals surface area (Å²) >= 11 is 0. The highest BCUT2D eigenvalue weighted by Crippen LogP contribution is 2.36. The molecule has 2 unspecified atom stereocenters. The molecule has 2 fully saturated rings. The molecule has 2 saturated heterocycles. The number of carbonyl (C=O) groups is 1. The number of imidazole rings is 1. The number of aryl methyl sites for hydroxylation is 1. The Labute approximate surface area is 196 Å². The van der Waals surface area contributed by atoms with Gasteiger partial charge in [-0.15, -0.1) is 0 Å². The molecule has 5 rings (SSSR count). The third kappa shape index (κ3) is 4.11. The second kappa shape index (κ2) is 9.06. The number of benzene rings is 1. The standard InChI is InChI=1S/C25H29N5O4/c1-27-23-22(24(32)28(2)25(27)33)29(16-26-23)12-13-30-18-9-10-19(30)15-20(14-18)34-21(31)11-8-17-6-4-3-5-7-17/h3-8,11,16,18-20H,9-10,12-15H2,1-2H3/b11-8+. The summed E-state index contributed by atoms with van der Waals surface area (Å²) < 4.78 is 10.1. The van der Waals surface area contributed by atoms with Crippen molar-refractivity contribution in [2.45, 2.75) is 50.4 Å². The summed E-state index contributed by atoms with van der Waals surface area (Å²) in [6, 6.07) is 10.4. The Morgan fingerprint density at radius 3 is 2.47 bits per heavy atom. The Morgan fingerprint density at radius 1 is 1.06 bits per heavy atom. The van der Waals surface area contributed by atoms with Gasteiger partial charge in [-0.25, -0.2) is 14.6 Å². The van der Waals surface area contributed by atoms with E-state index in [9.17, 15) is 14.4 Å². The average molecular weight is 464 g/mol. The van der Waals surface area contributed by atoms with Gasteiger partial charge in [-0.3, -0.25) is 18.8 Å². The Bertz CT molecular complexity index is 1340. The zero-order valence-corrected chi connectivity index (χ0v) is 19.5. The van der Waals surface area contributed by atoms with Crippen LogP contribution in [0.25, 0.3) is 17.2 Å². The topological polar surface area (TPSA) is 91.4 Å². The van der Waals surface area contributed by atoms with E-state index >= 15 is 0 Å². The van der Waals surface area contributed by atoms with Gasteiger partial charge in [0.25, 0.3) is 5.56 Å². The third-order valence-electron chi connectivity index (χ3n) is 7.15. The molecule has 2 aromatic heterocycles. The molecule has 3 aromatic rings. The molecule has 9 heteroatoms. The predicted molar refractivity (Wildman–Crippen MR) is 128 cm³/mol. The van der Waals surface area contributed by atoms with Crippen LogP contribution >= 0.6 is 0 Å². The highest BCUT2D eigenvalue weighted by molar-refractivity contribution is 5.87. The van der Waals surface area contributed by atoms with Crippen molar-refractivity contribution >= 4 is 23.2 Å². The van der Waals surface area contributed by atoms with Crippen molar-refractivity contribution in [1.82, 2.24) is 23.6 Å². The van der Waals surface area contributed by atoms with Crippen LogP contribution in [0.5, 0.6) is 0 Å². The summed E-state index contributed by atoms with van der Waals surface area (Å²) in [5, 5.41) is 0. The number of hydrogen-bond acceptors (Lipinski definition) is 6. The van der Waals surface area contributed by atoms with Crippen LogP contribution in [0.1, 0.15) is 31.2 Å². The second-order valence-corrected chi connectivity index (χ2v) is 9.21. The minimum absolute atomic E-state index is 0.0717. The Hall–Kier alpha value is -3.46. The maximum atomic E-state index is 12.7. The molecule has 9 nitrogen and oxygen atoms in total. The Kier molecular flexibility index (Phi) is 5.95. The molecule has 0 saturated carbocycles. The van der Waals surface area contributed by atoms with E-state index in [0.29, 0.717) is 29.8 Å². The van der Waals surface area contributed by atoms with Gasteiger partial charge in [0.2, 0.25) is 0 Å². The molecule has 2 aliphatic rings. The number of esters is 1. The first kappa shape index (κ1) is 22.3.